The second-order valence-electron chi connectivity index (χ2n) is 3.46. The van der Waals surface area contributed by atoms with Gasteiger partial charge in [-0.05, 0) is 0 Å². The molecule has 0 heterocycles. The summed E-state index contributed by atoms with van der Waals surface area (Å²) >= 11 is 0. The van der Waals surface area contributed by atoms with E-state index in [-0.39, 0.29) is 26.2 Å². The minimum atomic E-state index is -4.33. The molecule has 0 fully saturated rings. The molecular formula is C9H18F3N3O2. The number of methoxy groups -OCH3 is 1. The van der Waals surface area contributed by atoms with E-state index in [0.717, 1.165) is 4.90 Å². The Bertz CT molecular complexity index is 224. The van der Waals surface area contributed by atoms with Gasteiger partial charge in [-0.2, -0.15) is 13.2 Å². The molecule has 0 spiro atoms. The zero-order valence-electron chi connectivity index (χ0n) is 9.72. The van der Waals surface area contributed by atoms with Crippen LogP contribution in [0.2, 0.25) is 0 Å². The van der Waals surface area contributed by atoms with Gasteiger partial charge in [-0.25, -0.2) is 0 Å². The standard InChI is InChI=1S/C9H18F3N3O2/c1-17-5-3-14-8(16)6-15(4-2-13)7-9(10,11)12/h2-7,13H2,1H3,(H,14,16). The molecule has 0 aromatic heterocycles. The summed E-state index contributed by atoms with van der Waals surface area (Å²) in [6.07, 6.45) is -4.33. The molecule has 0 aromatic carbocycles. The molecule has 0 aliphatic rings. The zero-order chi connectivity index (χ0) is 13.3. The van der Waals surface area contributed by atoms with E-state index >= 15 is 0 Å². The highest BCUT2D eigenvalue weighted by atomic mass is 19.4. The summed E-state index contributed by atoms with van der Waals surface area (Å²) in [6, 6.07) is 0. The SMILES string of the molecule is COCCNC(=O)CN(CCN)CC(F)(F)F. The van der Waals surface area contributed by atoms with Crippen molar-refractivity contribution in [3.63, 3.8) is 0 Å². The van der Waals surface area contributed by atoms with E-state index in [1.165, 1.54) is 7.11 Å². The molecule has 0 rings (SSSR count). The third kappa shape index (κ3) is 10.0. The van der Waals surface area contributed by atoms with Crippen LogP contribution in [0.25, 0.3) is 0 Å². The van der Waals surface area contributed by atoms with E-state index in [4.69, 9.17) is 10.5 Å². The number of carbonyl (C=O) groups excluding carboxylic acids is 1. The number of nitrogens with zero attached hydrogens (tertiary/aromatic N) is 1. The molecule has 17 heavy (non-hydrogen) atoms. The zero-order valence-corrected chi connectivity index (χ0v) is 9.72. The molecule has 5 nitrogen and oxygen atoms in total. The van der Waals surface area contributed by atoms with Crippen LogP contribution in [0, 0.1) is 0 Å². The van der Waals surface area contributed by atoms with E-state index in [9.17, 15) is 18.0 Å². The van der Waals surface area contributed by atoms with Gasteiger partial charge < -0.3 is 15.8 Å². The average molecular weight is 257 g/mol. The summed E-state index contributed by atoms with van der Waals surface area (Å²) < 4.78 is 41.2. The van der Waals surface area contributed by atoms with Crippen molar-refractivity contribution in [2.24, 2.45) is 5.73 Å². The lowest BCUT2D eigenvalue weighted by atomic mass is 10.4. The van der Waals surface area contributed by atoms with E-state index in [1.54, 1.807) is 0 Å². The number of hydrogen-bond donors (Lipinski definition) is 2. The number of hydrogen-bond acceptors (Lipinski definition) is 4. The van der Waals surface area contributed by atoms with Crippen molar-refractivity contribution in [1.29, 1.82) is 0 Å². The minimum Gasteiger partial charge on any atom is -0.383 e. The van der Waals surface area contributed by atoms with Gasteiger partial charge in [-0.1, -0.05) is 0 Å². The number of nitrogens with one attached hydrogen (secondary N) is 1. The van der Waals surface area contributed by atoms with Gasteiger partial charge in [0.05, 0.1) is 19.7 Å². The van der Waals surface area contributed by atoms with Crippen molar-refractivity contribution >= 4 is 5.91 Å². The summed E-state index contributed by atoms with van der Waals surface area (Å²) in [6.45, 7) is -0.763. The lowest BCUT2D eigenvalue weighted by Crippen LogP contribution is -2.44. The van der Waals surface area contributed by atoms with Crippen LogP contribution in [0.3, 0.4) is 0 Å². The Kier molecular flexibility index (Phi) is 7.85. The first kappa shape index (κ1) is 16.1. The van der Waals surface area contributed by atoms with Gasteiger partial charge in [0.1, 0.15) is 0 Å². The lowest BCUT2D eigenvalue weighted by Gasteiger charge is -2.22. The monoisotopic (exact) mass is 257 g/mol. The van der Waals surface area contributed by atoms with Crippen LogP contribution in [-0.2, 0) is 9.53 Å². The minimum absolute atomic E-state index is 0.0250. The molecule has 0 bridgehead atoms. The van der Waals surface area contributed by atoms with Gasteiger partial charge >= 0.3 is 6.18 Å². The van der Waals surface area contributed by atoms with Crippen LogP contribution >= 0.6 is 0 Å². The fourth-order valence-corrected chi connectivity index (χ4v) is 1.20. The molecular weight excluding hydrogens is 239 g/mol. The lowest BCUT2D eigenvalue weighted by molar-refractivity contribution is -0.148. The van der Waals surface area contributed by atoms with Crippen molar-refractivity contribution in [3.8, 4) is 0 Å². The van der Waals surface area contributed by atoms with Gasteiger partial charge in [-0.15, -0.1) is 0 Å². The third-order valence-corrected chi connectivity index (χ3v) is 1.84. The van der Waals surface area contributed by atoms with Crippen molar-refractivity contribution < 1.29 is 22.7 Å². The Hall–Kier alpha value is -0.860. The number of amides is 1. The van der Waals surface area contributed by atoms with Crippen molar-refractivity contribution in [2.45, 2.75) is 6.18 Å². The van der Waals surface area contributed by atoms with E-state index in [1.807, 2.05) is 0 Å². The van der Waals surface area contributed by atoms with E-state index < -0.39 is 18.6 Å². The summed E-state index contributed by atoms with van der Waals surface area (Å²) in [5.41, 5.74) is 5.18. The molecule has 0 aliphatic heterocycles. The third-order valence-electron chi connectivity index (χ3n) is 1.84. The maximum absolute atomic E-state index is 12.2. The fraction of sp³-hybridized carbons (Fsp3) is 0.889. The smallest absolute Gasteiger partial charge is 0.383 e. The molecule has 0 aromatic rings. The first-order valence-corrected chi connectivity index (χ1v) is 5.14. The quantitative estimate of drug-likeness (QED) is 0.579. The number of nitrogens with two attached hydrogens (primary N) is 1. The normalized spacial score (nSPS) is 11.9. The maximum atomic E-state index is 12.2. The first-order valence-electron chi connectivity index (χ1n) is 5.14. The Labute approximate surface area is 98.1 Å². The van der Waals surface area contributed by atoms with Gasteiger partial charge in [-0.3, -0.25) is 9.69 Å². The molecule has 102 valence electrons. The van der Waals surface area contributed by atoms with Crippen molar-refractivity contribution in [3.05, 3.63) is 0 Å². The molecule has 0 saturated carbocycles. The molecule has 0 radical (unpaired) electrons. The van der Waals surface area contributed by atoms with Crippen LogP contribution in [0.4, 0.5) is 13.2 Å². The second-order valence-corrected chi connectivity index (χ2v) is 3.46. The van der Waals surface area contributed by atoms with Gasteiger partial charge in [0.25, 0.3) is 0 Å². The summed E-state index contributed by atoms with van der Waals surface area (Å²) in [4.78, 5) is 12.2. The van der Waals surface area contributed by atoms with Gasteiger partial charge in [0.15, 0.2) is 0 Å². The van der Waals surface area contributed by atoms with Crippen LogP contribution in [0.1, 0.15) is 0 Å². The molecule has 1 amide bonds. The average Bonchev–Trinajstić information content (AvgIpc) is 2.15. The van der Waals surface area contributed by atoms with Crippen LogP contribution in [0.15, 0.2) is 0 Å². The molecule has 0 atom stereocenters. The van der Waals surface area contributed by atoms with E-state index in [2.05, 4.69) is 5.32 Å². The highest BCUT2D eigenvalue weighted by Crippen LogP contribution is 2.15. The summed E-state index contributed by atoms with van der Waals surface area (Å²) in [5.74, 6) is -0.472. The molecule has 0 aliphatic carbocycles. The Balaban J connectivity index is 4.01. The van der Waals surface area contributed by atoms with Crippen molar-refractivity contribution in [2.75, 3.05) is 46.4 Å². The van der Waals surface area contributed by atoms with Gasteiger partial charge in [0.2, 0.25) is 5.91 Å². The number of carbonyl (C=O) groups is 1. The molecule has 0 unspecified atom stereocenters. The predicted molar refractivity (Wildman–Crippen MR) is 56.4 cm³/mol. The molecule has 3 N–H and O–H groups in total. The first-order chi connectivity index (χ1) is 7.89. The Morgan fingerprint density at radius 1 is 1.47 bits per heavy atom. The number of halogens is 3. The number of ether oxygens (including phenoxy) is 1. The highest BCUT2D eigenvalue weighted by Gasteiger charge is 2.31. The number of alkyl halides is 3. The van der Waals surface area contributed by atoms with Crippen LogP contribution < -0.4 is 11.1 Å². The topological polar surface area (TPSA) is 67.6 Å². The fourth-order valence-electron chi connectivity index (χ4n) is 1.20. The van der Waals surface area contributed by atoms with Crippen molar-refractivity contribution in [1.82, 2.24) is 10.2 Å². The highest BCUT2D eigenvalue weighted by molar-refractivity contribution is 5.77. The number of rotatable bonds is 8. The summed E-state index contributed by atoms with van der Waals surface area (Å²) in [5, 5.41) is 2.44. The van der Waals surface area contributed by atoms with Gasteiger partial charge in [0, 0.05) is 26.7 Å². The Morgan fingerprint density at radius 3 is 2.59 bits per heavy atom. The van der Waals surface area contributed by atoms with E-state index in [0.29, 0.717) is 6.61 Å². The predicted octanol–water partition coefficient (Wildman–Crippen LogP) is -0.428. The Morgan fingerprint density at radius 2 is 2.12 bits per heavy atom. The summed E-state index contributed by atoms with van der Waals surface area (Å²) in [7, 11) is 1.47. The second kappa shape index (κ2) is 8.26. The maximum Gasteiger partial charge on any atom is 0.401 e. The largest absolute Gasteiger partial charge is 0.401 e. The van der Waals surface area contributed by atoms with Crippen LogP contribution in [-0.4, -0.2) is 63.4 Å². The van der Waals surface area contributed by atoms with Crippen LogP contribution in [0.5, 0.6) is 0 Å². The molecule has 8 heteroatoms. The molecule has 0 saturated heterocycles.